The van der Waals surface area contributed by atoms with Crippen molar-refractivity contribution in [2.24, 2.45) is 5.92 Å². The van der Waals surface area contributed by atoms with Crippen LogP contribution in [0.2, 0.25) is 0 Å². The summed E-state index contributed by atoms with van der Waals surface area (Å²) in [6, 6.07) is 6.38. The number of aromatic nitrogens is 3. The molecule has 3 rings (SSSR count). The molecule has 1 fully saturated rings. The zero-order chi connectivity index (χ0) is 16.4. The molecule has 0 aliphatic carbocycles. The molecular weight excluding hydrogens is 296 g/mol. The maximum atomic E-state index is 12.9. The Balaban J connectivity index is 2.03. The van der Waals surface area contributed by atoms with Gasteiger partial charge in [-0.05, 0) is 18.1 Å². The van der Waals surface area contributed by atoms with E-state index in [4.69, 9.17) is 4.74 Å². The van der Waals surface area contributed by atoms with Gasteiger partial charge in [-0.3, -0.25) is 9.59 Å². The van der Waals surface area contributed by atoms with Gasteiger partial charge in [0.2, 0.25) is 5.91 Å². The summed E-state index contributed by atoms with van der Waals surface area (Å²) in [5.41, 5.74) is 0.256. The number of ether oxygens (including phenoxy) is 1. The van der Waals surface area contributed by atoms with Crippen LogP contribution in [0, 0.1) is 5.92 Å². The van der Waals surface area contributed by atoms with E-state index in [-0.39, 0.29) is 17.4 Å². The van der Waals surface area contributed by atoms with Gasteiger partial charge in [0.05, 0.1) is 18.6 Å². The van der Waals surface area contributed by atoms with Gasteiger partial charge in [-0.1, -0.05) is 31.2 Å². The minimum atomic E-state index is -0.655. The fourth-order valence-corrected chi connectivity index (χ4v) is 2.83. The van der Waals surface area contributed by atoms with Gasteiger partial charge in [0.15, 0.2) is 0 Å². The van der Waals surface area contributed by atoms with E-state index in [1.807, 2.05) is 13.8 Å². The largest absolute Gasteiger partial charge is 0.378 e. The number of amides is 1. The highest BCUT2D eigenvalue weighted by Gasteiger charge is 2.31. The lowest BCUT2D eigenvalue weighted by atomic mass is 10.0. The van der Waals surface area contributed by atoms with Crippen molar-refractivity contribution in [2.45, 2.75) is 19.9 Å². The monoisotopic (exact) mass is 316 g/mol. The fraction of sp³-hybridized carbons (Fsp3) is 0.500. The first-order valence-corrected chi connectivity index (χ1v) is 7.80. The van der Waals surface area contributed by atoms with Crippen LogP contribution in [0.5, 0.6) is 0 Å². The number of rotatable bonds is 3. The standard InChI is InChI=1S/C16H20N4O3/c1-11(2)14(16(22)19-7-9-23-10-8-19)20-15(21)12-5-3-4-6-13(12)17-18-20/h3-6,11,14H,7-10H2,1-2H3/t14-/m1/s1. The van der Waals surface area contributed by atoms with Crippen LogP contribution in [0.1, 0.15) is 19.9 Å². The molecule has 0 spiro atoms. The van der Waals surface area contributed by atoms with Gasteiger partial charge in [-0.15, -0.1) is 5.10 Å². The van der Waals surface area contributed by atoms with E-state index < -0.39 is 6.04 Å². The summed E-state index contributed by atoms with van der Waals surface area (Å²) in [4.78, 5) is 27.3. The Bertz CT molecular complexity index is 765. The highest BCUT2D eigenvalue weighted by atomic mass is 16.5. The van der Waals surface area contributed by atoms with Crippen molar-refractivity contribution >= 4 is 16.8 Å². The number of fused-ring (bicyclic) bond motifs is 1. The summed E-state index contributed by atoms with van der Waals surface area (Å²) < 4.78 is 6.51. The van der Waals surface area contributed by atoms with Gasteiger partial charge >= 0.3 is 0 Å². The predicted molar refractivity (Wildman–Crippen MR) is 85.1 cm³/mol. The highest BCUT2D eigenvalue weighted by molar-refractivity contribution is 5.81. The molecule has 23 heavy (non-hydrogen) atoms. The van der Waals surface area contributed by atoms with Crippen LogP contribution < -0.4 is 5.56 Å². The summed E-state index contributed by atoms with van der Waals surface area (Å²) >= 11 is 0. The van der Waals surface area contributed by atoms with E-state index in [2.05, 4.69) is 10.3 Å². The van der Waals surface area contributed by atoms with Gasteiger partial charge in [-0.25, -0.2) is 0 Å². The molecule has 0 saturated carbocycles. The van der Waals surface area contributed by atoms with Gasteiger partial charge in [0, 0.05) is 13.1 Å². The second kappa shape index (κ2) is 6.45. The van der Waals surface area contributed by atoms with Gasteiger partial charge in [0.1, 0.15) is 11.6 Å². The number of carbonyl (C=O) groups is 1. The molecule has 7 heteroatoms. The normalized spacial score (nSPS) is 16.7. The molecule has 1 aromatic carbocycles. The van der Waals surface area contributed by atoms with E-state index in [0.29, 0.717) is 37.2 Å². The number of nitrogens with zero attached hydrogens (tertiary/aromatic N) is 4. The predicted octanol–water partition coefficient (Wildman–Crippen LogP) is 0.847. The van der Waals surface area contributed by atoms with Crippen molar-refractivity contribution in [3.8, 4) is 0 Å². The second-order valence-corrected chi connectivity index (χ2v) is 5.98. The molecule has 0 radical (unpaired) electrons. The maximum Gasteiger partial charge on any atom is 0.278 e. The highest BCUT2D eigenvalue weighted by Crippen LogP contribution is 2.19. The zero-order valence-electron chi connectivity index (χ0n) is 13.3. The Morgan fingerprint density at radius 2 is 1.91 bits per heavy atom. The zero-order valence-corrected chi connectivity index (χ0v) is 13.3. The van der Waals surface area contributed by atoms with Crippen LogP contribution >= 0.6 is 0 Å². The summed E-state index contributed by atoms with van der Waals surface area (Å²) in [6.07, 6.45) is 0. The van der Waals surface area contributed by atoms with Crippen LogP contribution in [0.15, 0.2) is 29.1 Å². The summed E-state index contributed by atoms with van der Waals surface area (Å²) in [5.74, 6) is -0.173. The van der Waals surface area contributed by atoms with E-state index >= 15 is 0 Å². The minimum absolute atomic E-state index is 0.0708. The summed E-state index contributed by atoms with van der Waals surface area (Å²) in [5, 5.41) is 8.58. The number of carbonyl (C=O) groups excluding carboxylic acids is 1. The molecule has 1 aliphatic rings. The van der Waals surface area contributed by atoms with E-state index in [9.17, 15) is 9.59 Å². The van der Waals surface area contributed by atoms with E-state index in [1.165, 1.54) is 4.68 Å². The van der Waals surface area contributed by atoms with Gasteiger partial charge < -0.3 is 9.64 Å². The number of hydrogen-bond donors (Lipinski definition) is 0. The fourth-order valence-electron chi connectivity index (χ4n) is 2.83. The average Bonchev–Trinajstić information content (AvgIpc) is 2.58. The van der Waals surface area contributed by atoms with Crippen LogP contribution in [0.4, 0.5) is 0 Å². The molecule has 1 aromatic heterocycles. The lowest BCUT2D eigenvalue weighted by Gasteiger charge is -2.31. The quantitative estimate of drug-likeness (QED) is 0.839. The molecule has 2 aromatic rings. The Morgan fingerprint density at radius 1 is 1.22 bits per heavy atom. The molecule has 1 saturated heterocycles. The van der Waals surface area contributed by atoms with Crippen molar-refractivity contribution in [2.75, 3.05) is 26.3 Å². The third-order valence-corrected chi connectivity index (χ3v) is 4.06. The van der Waals surface area contributed by atoms with Crippen LogP contribution in [0.25, 0.3) is 10.9 Å². The van der Waals surface area contributed by atoms with E-state index in [0.717, 1.165) is 0 Å². The molecule has 1 amide bonds. The first-order chi connectivity index (χ1) is 11.1. The number of benzene rings is 1. The van der Waals surface area contributed by atoms with Crippen molar-refractivity contribution in [1.82, 2.24) is 19.9 Å². The minimum Gasteiger partial charge on any atom is -0.378 e. The van der Waals surface area contributed by atoms with Crippen LogP contribution in [0.3, 0.4) is 0 Å². The van der Waals surface area contributed by atoms with Crippen molar-refractivity contribution in [3.63, 3.8) is 0 Å². The third kappa shape index (κ3) is 2.96. The molecule has 1 aliphatic heterocycles. The lowest BCUT2D eigenvalue weighted by Crippen LogP contribution is -2.47. The van der Waals surface area contributed by atoms with E-state index in [1.54, 1.807) is 29.2 Å². The first-order valence-electron chi connectivity index (χ1n) is 7.80. The van der Waals surface area contributed by atoms with Crippen LogP contribution in [-0.2, 0) is 9.53 Å². The Morgan fingerprint density at radius 3 is 2.61 bits per heavy atom. The SMILES string of the molecule is CC(C)[C@H](C(=O)N1CCOCC1)n1nnc2ccccc2c1=O. The average molecular weight is 316 g/mol. The lowest BCUT2D eigenvalue weighted by molar-refractivity contribution is -0.140. The Kier molecular flexibility index (Phi) is 4.38. The van der Waals surface area contributed by atoms with Crippen molar-refractivity contribution in [3.05, 3.63) is 34.6 Å². The molecule has 1 atom stereocenters. The summed E-state index contributed by atoms with van der Waals surface area (Å²) in [6.45, 7) is 5.94. The van der Waals surface area contributed by atoms with Crippen molar-refractivity contribution < 1.29 is 9.53 Å². The Labute approximate surface area is 133 Å². The number of morpholine rings is 1. The number of hydrogen-bond acceptors (Lipinski definition) is 5. The van der Waals surface area contributed by atoms with Gasteiger partial charge in [-0.2, -0.15) is 4.68 Å². The maximum absolute atomic E-state index is 12.9. The Hall–Kier alpha value is -2.28. The molecule has 0 bridgehead atoms. The smallest absolute Gasteiger partial charge is 0.278 e. The second-order valence-electron chi connectivity index (χ2n) is 5.98. The third-order valence-electron chi connectivity index (χ3n) is 4.06. The van der Waals surface area contributed by atoms with Gasteiger partial charge in [0.25, 0.3) is 5.56 Å². The molecule has 7 nitrogen and oxygen atoms in total. The topological polar surface area (TPSA) is 77.3 Å². The molecule has 0 N–H and O–H groups in total. The van der Waals surface area contributed by atoms with Crippen LogP contribution in [-0.4, -0.2) is 52.1 Å². The molecule has 122 valence electrons. The van der Waals surface area contributed by atoms with Crippen molar-refractivity contribution in [1.29, 1.82) is 0 Å². The molecular formula is C16H20N4O3. The molecule has 2 heterocycles. The first kappa shape index (κ1) is 15.6. The summed E-state index contributed by atoms with van der Waals surface area (Å²) in [7, 11) is 0. The molecule has 0 unspecified atom stereocenters.